The third-order valence-electron chi connectivity index (χ3n) is 5.53. The Morgan fingerprint density at radius 2 is 1.82 bits per heavy atom. The zero-order valence-corrected chi connectivity index (χ0v) is 21.7. The lowest BCUT2D eigenvalue weighted by molar-refractivity contribution is 0.0955. The highest BCUT2D eigenvalue weighted by atomic mass is 127. The van der Waals surface area contributed by atoms with Gasteiger partial charge in [-0.25, -0.2) is 5.43 Å². The van der Waals surface area contributed by atoms with Gasteiger partial charge in [0.25, 0.3) is 5.91 Å². The first-order valence-electron chi connectivity index (χ1n) is 11.0. The largest absolute Gasteiger partial charge is 0.493 e. The fourth-order valence-electron chi connectivity index (χ4n) is 3.72. The number of rotatable bonds is 8. The Kier molecular flexibility index (Phi) is 8.29. The highest BCUT2D eigenvalue weighted by molar-refractivity contribution is 14.1. The van der Waals surface area contributed by atoms with E-state index in [1.807, 2.05) is 48.5 Å². The number of nitrogens with one attached hydrogen (secondary N) is 1. The Morgan fingerprint density at radius 1 is 1.12 bits per heavy atom. The number of methoxy groups -OCH3 is 1. The predicted molar refractivity (Wildman–Crippen MR) is 144 cm³/mol. The van der Waals surface area contributed by atoms with E-state index >= 15 is 0 Å². The minimum atomic E-state index is -0.278. The first-order valence-corrected chi connectivity index (χ1v) is 12.4. The fourth-order valence-corrected chi connectivity index (χ4v) is 4.35. The molecule has 0 spiro atoms. The Labute approximate surface area is 218 Å². The smallest absolute Gasteiger partial charge is 0.271 e. The molecule has 6 nitrogen and oxygen atoms in total. The standard InChI is InChI=1S/C26H25ClIN3O3/c1-33-24-15-19(14-23(27)25(24)34-17-18-4-8-21(28)9-5-18)16-29-30-26(32)20-6-10-22(11-7-20)31-12-2-3-13-31/h4-11,14-16H,2-3,12-13,17H2,1H3,(H,30,32)/b29-16-. The van der Waals surface area contributed by atoms with Gasteiger partial charge in [0.05, 0.1) is 18.3 Å². The maximum Gasteiger partial charge on any atom is 0.271 e. The first kappa shape index (κ1) is 24.3. The van der Waals surface area contributed by atoms with Gasteiger partial charge >= 0.3 is 0 Å². The van der Waals surface area contributed by atoms with Crippen molar-refractivity contribution in [3.05, 3.63) is 85.9 Å². The number of hydrogen-bond acceptors (Lipinski definition) is 5. The average Bonchev–Trinajstić information content (AvgIpc) is 3.39. The second kappa shape index (κ2) is 11.6. The minimum absolute atomic E-state index is 0.278. The summed E-state index contributed by atoms with van der Waals surface area (Å²) < 4.78 is 12.5. The van der Waals surface area contributed by atoms with Crippen LogP contribution in [0.2, 0.25) is 5.02 Å². The summed E-state index contributed by atoms with van der Waals surface area (Å²) in [6, 6.07) is 19.1. The molecule has 1 aliphatic rings. The summed E-state index contributed by atoms with van der Waals surface area (Å²) in [4.78, 5) is 14.8. The second-order valence-electron chi connectivity index (χ2n) is 7.89. The van der Waals surface area contributed by atoms with Crippen LogP contribution < -0.4 is 19.8 Å². The SMILES string of the molecule is COc1cc(/C=N\NC(=O)c2ccc(N3CCCC3)cc2)cc(Cl)c1OCc1ccc(I)cc1. The lowest BCUT2D eigenvalue weighted by atomic mass is 10.2. The number of halogens is 2. The Balaban J connectivity index is 1.37. The van der Waals surface area contributed by atoms with Crippen molar-refractivity contribution in [2.75, 3.05) is 25.1 Å². The van der Waals surface area contributed by atoms with Gasteiger partial charge in [0.2, 0.25) is 0 Å². The molecule has 0 atom stereocenters. The second-order valence-corrected chi connectivity index (χ2v) is 9.54. The van der Waals surface area contributed by atoms with Crippen LogP contribution in [0, 0.1) is 3.57 Å². The molecule has 0 saturated carbocycles. The fraction of sp³-hybridized carbons (Fsp3) is 0.231. The summed E-state index contributed by atoms with van der Waals surface area (Å²) in [5, 5.41) is 4.47. The molecule has 0 unspecified atom stereocenters. The number of anilines is 1. The van der Waals surface area contributed by atoms with Crippen LogP contribution in [-0.4, -0.2) is 32.3 Å². The van der Waals surface area contributed by atoms with Crippen molar-refractivity contribution in [2.45, 2.75) is 19.4 Å². The van der Waals surface area contributed by atoms with Crippen molar-refractivity contribution in [3.8, 4) is 11.5 Å². The number of hydrogen-bond donors (Lipinski definition) is 1. The molecule has 1 saturated heterocycles. The lowest BCUT2D eigenvalue weighted by Gasteiger charge is -2.17. The van der Waals surface area contributed by atoms with Gasteiger partial charge in [-0.05, 0) is 95.1 Å². The van der Waals surface area contributed by atoms with Crippen molar-refractivity contribution in [1.29, 1.82) is 0 Å². The molecule has 1 fully saturated rings. The topological polar surface area (TPSA) is 63.2 Å². The van der Waals surface area contributed by atoms with Gasteiger partial charge < -0.3 is 14.4 Å². The summed E-state index contributed by atoms with van der Waals surface area (Å²) in [7, 11) is 1.55. The molecule has 3 aromatic carbocycles. The van der Waals surface area contributed by atoms with Gasteiger partial charge in [0.15, 0.2) is 11.5 Å². The summed E-state index contributed by atoms with van der Waals surface area (Å²) >= 11 is 8.71. The lowest BCUT2D eigenvalue weighted by Crippen LogP contribution is -2.19. The summed E-state index contributed by atoms with van der Waals surface area (Å²) in [6.45, 7) is 2.50. The van der Waals surface area contributed by atoms with Crippen LogP contribution in [-0.2, 0) is 6.61 Å². The molecular weight excluding hydrogens is 565 g/mol. The molecule has 3 aromatic rings. The Hall–Kier alpha value is -2.78. The number of amides is 1. The normalized spacial score (nSPS) is 13.3. The molecule has 8 heteroatoms. The number of nitrogens with zero attached hydrogens (tertiary/aromatic N) is 2. The van der Waals surface area contributed by atoms with E-state index in [-0.39, 0.29) is 5.91 Å². The van der Waals surface area contributed by atoms with Crippen LogP contribution in [0.5, 0.6) is 11.5 Å². The molecule has 1 heterocycles. The van der Waals surface area contributed by atoms with Gasteiger partial charge in [0.1, 0.15) is 6.61 Å². The molecule has 0 aliphatic carbocycles. The molecule has 1 amide bonds. The van der Waals surface area contributed by atoms with Crippen LogP contribution in [0.25, 0.3) is 0 Å². The van der Waals surface area contributed by atoms with E-state index in [2.05, 4.69) is 38.0 Å². The van der Waals surface area contributed by atoms with Crippen molar-refractivity contribution >= 4 is 52.0 Å². The zero-order valence-electron chi connectivity index (χ0n) is 18.8. The van der Waals surface area contributed by atoms with Gasteiger partial charge in [-0.15, -0.1) is 0 Å². The van der Waals surface area contributed by atoms with Crippen molar-refractivity contribution in [2.24, 2.45) is 5.10 Å². The number of benzene rings is 3. The summed E-state index contributed by atoms with van der Waals surface area (Å²) in [5.41, 5.74) is 5.96. The maximum absolute atomic E-state index is 12.4. The van der Waals surface area contributed by atoms with Crippen molar-refractivity contribution < 1.29 is 14.3 Å². The Bertz CT molecular complexity index is 1160. The number of carbonyl (C=O) groups is 1. The van der Waals surface area contributed by atoms with E-state index < -0.39 is 0 Å². The third-order valence-corrected chi connectivity index (χ3v) is 6.53. The van der Waals surface area contributed by atoms with E-state index in [1.165, 1.54) is 19.1 Å². The number of ether oxygens (including phenoxy) is 2. The highest BCUT2D eigenvalue weighted by Gasteiger charge is 2.14. The van der Waals surface area contributed by atoms with E-state index in [4.69, 9.17) is 21.1 Å². The van der Waals surface area contributed by atoms with Crippen LogP contribution in [0.1, 0.15) is 34.3 Å². The Morgan fingerprint density at radius 3 is 2.50 bits per heavy atom. The molecule has 176 valence electrons. The maximum atomic E-state index is 12.4. The number of hydrazone groups is 1. The molecule has 1 aliphatic heterocycles. The van der Waals surface area contributed by atoms with Crippen molar-refractivity contribution in [1.82, 2.24) is 5.43 Å². The van der Waals surface area contributed by atoms with Crippen molar-refractivity contribution in [3.63, 3.8) is 0 Å². The minimum Gasteiger partial charge on any atom is -0.493 e. The first-order chi connectivity index (χ1) is 16.5. The quantitative estimate of drug-likeness (QED) is 0.202. The highest BCUT2D eigenvalue weighted by Crippen LogP contribution is 2.36. The van der Waals surface area contributed by atoms with Crippen LogP contribution in [0.15, 0.2) is 65.8 Å². The molecule has 4 rings (SSSR count). The monoisotopic (exact) mass is 589 g/mol. The zero-order chi connectivity index (χ0) is 23.9. The number of carbonyl (C=O) groups excluding carboxylic acids is 1. The molecule has 0 bridgehead atoms. The van der Waals surface area contributed by atoms with Gasteiger partial charge in [-0.1, -0.05) is 23.7 Å². The van der Waals surface area contributed by atoms with E-state index in [0.29, 0.717) is 34.3 Å². The summed E-state index contributed by atoms with van der Waals surface area (Å²) in [5.74, 6) is 0.671. The van der Waals surface area contributed by atoms with E-state index in [9.17, 15) is 4.79 Å². The van der Waals surface area contributed by atoms with E-state index in [1.54, 1.807) is 19.2 Å². The third kappa shape index (κ3) is 6.21. The molecule has 0 radical (unpaired) electrons. The van der Waals surface area contributed by atoms with Crippen LogP contribution >= 0.6 is 34.2 Å². The van der Waals surface area contributed by atoms with Crippen LogP contribution in [0.4, 0.5) is 5.69 Å². The van der Waals surface area contributed by atoms with Gasteiger partial charge in [-0.2, -0.15) is 5.10 Å². The van der Waals surface area contributed by atoms with Gasteiger partial charge in [-0.3, -0.25) is 4.79 Å². The molecule has 0 aromatic heterocycles. The molecule has 1 N–H and O–H groups in total. The van der Waals surface area contributed by atoms with E-state index in [0.717, 1.165) is 27.9 Å². The average molecular weight is 590 g/mol. The van der Waals surface area contributed by atoms with Crippen LogP contribution in [0.3, 0.4) is 0 Å². The predicted octanol–water partition coefficient (Wildman–Crippen LogP) is 5.90. The molecular formula is C26H25ClIN3O3. The molecule has 34 heavy (non-hydrogen) atoms. The summed E-state index contributed by atoms with van der Waals surface area (Å²) in [6.07, 6.45) is 3.95. The van der Waals surface area contributed by atoms with Gasteiger partial charge in [0, 0.05) is 27.9 Å².